The summed E-state index contributed by atoms with van der Waals surface area (Å²) in [5.74, 6) is 1.80. The zero-order valence-corrected chi connectivity index (χ0v) is 20.1. The average Bonchev–Trinajstić information content (AvgIpc) is 3.48. The fraction of sp³-hybridized carbons (Fsp3) is 0.542. The van der Waals surface area contributed by atoms with Crippen LogP contribution in [0.3, 0.4) is 0 Å². The Kier molecular flexibility index (Phi) is 5.62. The number of ether oxygens (including phenoxy) is 1. The summed E-state index contributed by atoms with van der Waals surface area (Å²) in [7, 11) is 0. The maximum atomic E-state index is 13.0. The van der Waals surface area contributed by atoms with Crippen molar-refractivity contribution in [1.29, 1.82) is 0 Å². The van der Waals surface area contributed by atoms with E-state index in [9.17, 15) is 13.2 Å². The molecule has 11 heteroatoms. The summed E-state index contributed by atoms with van der Waals surface area (Å²) in [6, 6.07) is 8.81. The number of anilines is 2. The Morgan fingerprint density at radius 2 is 1.89 bits per heavy atom. The number of nitrogens with zero attached hydrogens (tertiary/aromatic N) is 5. The number of para-hydroxylation sites is 1. The van der Waals surface area contributed by atoms with Crippen LogP contribution in [0, 0.1) is 18.8 Å². The normalized spacial score (nSPS) is 26.0. The molecule has 186 valence electrons. The van der Waals surface area contributed by atoms with Crippen LogP contribution in [0.25, 0.3) is 0 Å². The van der Waals surface area contributed by atoms with Crippen molar-refractivity contribution in [2.45, 2.75) is 57.5 Å². The fourth-order valence-corrected chi connectivity index (χ4v) is 6.76. The number of nitrogens with one attached hydrogen (secondary N) is 1. The highest BCUT2D eigenvalue weighted by Gasteiger charge is 2.43. The minimum absolute atomic E-state index is 0.167. The lowest BCUT2D eigenvalue weighted by Crippen LogP contribution is -2.48. The molecular formula is C24H27F3N6OS. The van der Waals surface area contributed by atoms with Gasteiger partial charge in [0.25, 0.3) is 0 Å². The molecule has 2 fully saturated rings. The smallest absolute Gasteiger partial charge is 0.405 e. The second-order valence-electron chi connectivity index (χ2n) is 9.78. The Labute approximate surface area is 205 Å². The first kappa shape index (κ1) is 22.6. The van der Waals surface area contributed by atoms with Crippen molar-refractivity contribution in [3.8, 4) is 5.75 Å². The molecule has 3 aromatic rings. The third-order valence-electron chi connectivity index (χ3n) is 7.45. The van der Waals surface area contributed by atoms with Crippen molar-refractivity contribution in [2.24, 2.45) is 11.8 Å². The zero-order chi connectivity index (χ0) is 24.2. The Morgan fingerprint density at radius 3 is 2.60 bits per heavy atom. The topological polar surface area (TPSA) is 68.1 Å². The number of hydrogen-bond acceptors (Lipinski definition) is 7. The molecule has 0 spiro atoms. The molecule has 2 bridgehead atoms. The largest absolute Gasteiger partial charge is 0.573 e. The van der Waals surface area contributed by atoms with Gasteiger partial charge in [0.1, 0.15) is 16.6 Å². The molecule has 0 radical (unpaired) electrons. The lowest BCUT2D eigenvalue weighted by atomic mass is 9.90. The molecule has 6 rings (SSSR count). The monoisotopic (exact) mass is 504 g/mol. The van der Waals surface area contributed by atoms with Crippen molar-refractivity contribution in [2.75, 3.05) is 23.3 Å². The van der Waals surface area contributed by atoms with Crippen LogP contribution < -0.4 is 15.0 Å². The highest BCUT2D eigenvalue weighted by Crippen LogP contribution is 2.42. The fourth-order valence-electron chi connectivity index (χ4n) is 5.98. The number of fused-ring (bicyclic) bond motifs is 3. The van der Waals surface area contributed by atoms with Crippen molar-refractivity contribution >= 4 is 22.5 Å². The number of alkyl halides is 3. The highest BCUT2D eigenvalue weighted by molar-refractivity contribution is 7.10. The first-order valence-corrected chi connectivity index (χ1v) is 12.9. The summed E-state index contributed by atoms with van der Waals surface area (Å²) >= 11 is 1.56. The predicted molar refractivity (Wildman–Crippen MR) is 127 cm³/mol. The van der Waals surface area contributed by atoms with E-state index in [1.54, 1.807) is 29.7 Å². The first-order valence-electron chi connectivity index (χ1n) is 12.1. The molecule has 2 aliphatic heterocycles. The maximum absolute atomic E-state index is 13.0. The second kappa shape index (κ2) is 8.69. The van der Waals surface area contributed by atoms with Crippen LogP contribution >= 0.6 is 11.5 Å². The van der Waals surface area contributed by atoms with E-state index in [1.807, 2.05) is 11.6 Å². The third-order valence-corrected chi connectivity index (χ3v) is 8.39. The van der Waals surface area contributed by atoms with Crippen LogP contribution in [-0.2, 0) is 6.54 Å². The Balaban J connectivity index is 1.21. The average molecular weight is 505 g/mol. The Bertz CT molecular complexity index is 1200. The van der Waals surface area contributed by atoms with Crippen LogP contribution in [0.4, 0.5) is 24.1 Å². The molecule has 3 aliphatic rings. The Hall–Kier alpha value is -2.82. The molecule has 35 heavy (non-hydrogen) atoms. The van der Waals surface area contributed by atoms with Gasteiger partial charge in [0.05, 0.1) is 5.69 Å². The third kappa shape index (κ3) is 4.46. The van der Waals surface area contributed by atoms with E-state index in [0.717, 1.165) is 38.0 Å². The maximum Gasteiger partial charge on any atom is 0.573 e. The highest BCUT2D eigenvalue weighted by atomic mass is 32.1. The first-order chi connectivity index (χ1) is 16.8. The summed E-state index contributed by atoms with van der Waals surface area (Å²) < 4.78 is 49.6. The van der Waals surface area contributed by atoms with Crippen molar-refractivity contribution in [1.82, 2.24) is 19.1 Å². The van der Waals surface area contributed by atoms with E-state index in [4.69, 9.17) is 10.1 Å². The van der Waals surface area contributed by atoms with Gasteiger partial charge in [-0.1, -0.05) is 18.2 Å². The molecular weight excluding hydrogens is 477 g/mol. The second-order valence-corrected chi connectivity index (χ2v) is 10.6. The van der Waals surface area contributed by atoms with Gasteiger partial charge in [0.2, 0.25) is 5.95 Å². The van der Waals surface area contributed by atoms with E-state index in [-0.39, 0.29) is 11.7 Å². The van der Waals surface area contributed by atoms with Crippen LogP contribution in [0.5, 0.6) is 5.75 Å². The summed E-state index contributed by atoms with van der Waals surface area (Å²) in [4.78, 5) is 7.25. The van der Waals surface area contributed by atoms with E-state index in [1.165, 1.54) is 11.1 Å². The molecule has 1 N–H and O–H groups in total. The van der Waals surface area contributed by atoms with Crippen LogP contribution in [0.15, 0.2) is 30.3 Å². The van der Waals surface area contributed by atoms with Crippen molar-refractivity contribution in [3.63, 3.8) is 0 Å². The van der Waals surface area contributed by atoms with Gasteiger partial charge < -0.3 is 15.0 Å². The molecule has 1 saturated carbocycles. The number of piperidine rings is 1. The number of rotatable bonds is 5. The molecule has 2 aromatic heterocycles. The molecule has 1 saturated heterocycles. The number of aryl methyl sites for hydroxylation is 2. The van der Waals surface area contributed by atoms with Gasteiger partial charge in [0.15, 0.2) is 0 Å². The van der Waals surface area contributed by atoms with Gasteiger partial charge in [-0.15, -0.1) is 18.3 Å². The molecule has 1 aromatic carbocycles. The van der Waals surface area contributed by atoms with Crippen LogP contribution in [-0.4, -0.2) is 44.6 Å². The van der Waals surface area contributed by atoms with Gasteiger partial charge >= 0.3 is 6.36 Å². The summed E-state index contributed by atoms with van der Waals surface area (Å²) in [5.41, 5.74) is 1.56. The quantitative estimate of drug-likeness (QED) is 0.516. The summed E-state index contributed by atoms with van der Waals surface area (Å²) in [6.07, 6.45) is -0.895. The zero-order valence-electron chi connectivity index (χ0n) is 19.3. The van der Waals surface area contributed by atoms with Gasteiger partial charge in [-0.05, 0) is 68.1 Å². The standard InChI is InChI=1S/C24H27F3N6OS/c1-14-11-20(35-31-14)32-12-15-8-9-16(13-32)21(15)28-23-29-22-18(6-4-10-33(22)30-23)17-5-2-3-7-19(17)34-24(25,26)27/h2-3,5,7,11,15-16,18,21H,4,6,8-10,12-13H2,1H3,(H,28,30)/t15-,16+,18?,21-. The Morgan fingerprint density at radius 1 is 1.11 bits per heavy atom. The molecule has 4 heterocycles. The SMILES string of the molecule is Cc1cc(N2C[C@H]3CC[C@@H](C2)[C@@H]3Nc2nc3n(n2)CCCC3c2ccccc2OC(F)(F)F)sn1. The van der Waals surface area contributed by atoms with Crippen molar-refractivity contribution in [3.05, 3.63) is 47.4 Å². The number of halogens is 3. The van der Waals surface area contributed by atoms with E-state index in [2.05, 4.69) is 25.4 Å². The molecule has 4 atom stereocenters. The minimum Gasteiger partial charge on any atom is -0.405 e. The van der Waals surface area contributed by atoms with Gasteiger partial charge in [-0.3, -0.25) is 0 Å². The van der Waals surface area contributed by atoms with Gasteiger partial charge in [-0.25, -0.2) is 4.68 Å². The lowest BCUT2D eigenvalue weighted by molar-refractivity contribution is -0.275. The van der Waals surface area contributed by atoms with Gasteiger partial charge in [0, 0.05) is 37.2 Å². The van der Waals surface area contributed by atoms with E-state index < -0.39 is 6.36 Å². The van der Waals surface area contributed by atoms with Crippen molar-refractivity contribution < 1.29 is 17.9 Å². The molecule has 1 aliphatic carbocycles. The molecule has 1 unspecified atom stereocenters. The van der Waals surface area contributed by atoms with E-state index >= 15 is 0 Å². The number of benzene rings is 1. The summed E-state index contributed by atoms with van der Waals surface area (Å²) in [5, 5.41) is 9.55. The van der Waals surface area contributed by atoms with Gasteiger partial charge in [-0.2, -0.15) is 9.36 Å². The lowest BCUT2D eigenvalue weighted by Gasteiger charge is -2.38. The predicted octanol–water partition coefficient (Wildman–Crippen LogP) is 5.19. The van der Waals surface area contributed by atoms with Crippen LogP contribution in [0.2, 0.25) is 0 Å². The number of hydrogen-bond donors (Lipinski definition) is 1. The number of aromatic nitrogens is 4. The minimum atomic E-state index is -4.74. The summed E-state index contributed by atoms with van der Waals surface area (Å²) in [6.45, 7) is 4.69. The van der Waals surface area contributed by atoms with E-state index in [0.29, 0.717) is 48.2 Å². The van der Waals surface area contributed by atoms with Crippen LogP contribution in [0.1, 0.15) is 48.7 Å². The molecule has 0 amide bonds. The molecule has 7 nitrogen and oxygen atoms in total.